The van der Waals surface area contributed by atoms with Crippen molar-refractivity contribution in [3.05, 3.63) is 52.7 Å². The van der Waals surface area contributed by atoms with Crippen molar-refractivity contribution < 1.29 is 10.0 Å². The fourth-order valence-corrected chi connectivity index (χ4v) is 4.22. The van der Waals surface area contributed by atoms with Crippen molar-refractivity contribution in [1.82, 2.24) is 10.3 Å². The molecular weight excluding hydrogens is 336 g/mol. The van der Waals surface area contributed by atoms with Gasteiger partial charge in [-0.15, -0.1) is 11.3 Å². The van der Waals surface area contributed by atoms with Gasteiger partial charge in [0.15, 0.2) is 0 Å². The quantitative estimate of drug-likeness (QED) is 0.497. The monoisotopic (exact) mass is 352 g/mol. The number of nitrogens with one attached hydrogen (secondary N) is 2. The lowest BCUT2D eigenvalue weighted by Crippen LogP contribution is -2.17. The number of hydrogen-bond acceptors (Lipinski definition) is 6. The molecule has 1 aliphatic carbocycles. The Hall–Kier alpha value is -2.93. The van der Waals surface area contributed by atoms with Crippen LogP contribution in [0.15, 0.2) is 41.8 Å². The maximum atomic E-state index is 12.3. The van der Waals surface area contributed by atoms with Crippen molar-refractivity contribution in [1.29, 1.82) is 0 Å². The molecule has 2 heterocycles. The van der Waals surface area contributed by atoms with Crippen molar-refractivity contribution in [2.24, 2.45) is 5.16 Å². The van der Waals surface area contributed by atoms with Crippen LogP contribution in [0.1, 0.15) is 27.2 Å². The number of carbonyl (C=O) groups is 1. The van der Waals surface area contributed by atoms with E-state index in [-0.39, 0.29) is 5.91 Å². The Kier molecular flexibility index (Phi) is 3.85. The lowest BCUT2D eigenvalue weighted by Gasteiger charge is -2.10. The molecule has 126 valence electrons. The third-order valence-electron chi connectivity index (χ3n) is 4.36. The Morgan fingerprint density at radius 2 is 2.20 bits per heavy atom. The first-order valence-corrected chi connectivity index (χ1v) is 8.72. The number of thiophene rings is 1. The Balaban J connectivity index is 1.77. The van der Waals surface area contributed by atoms with E-state index in [1.165, 1.54) is 11.3 Å². The van der Waals surface area contributed by atoms with E-state index < -0.39 is 0 Å². The molecule has 0 radical (unpaired) electrons. The van der Waals surface area contributed by atoms with Gasteiger partial charge in [-0.1, -0.05) is 11.2 Å². The normalized spacial score (nSPS) is 14.7. The Morgan fingerprint density at radius 3 is 3.00 bits per heavy atom. The van der Waals surface area contributed by atoms with Gasteiger partial charge >= 0.3 is 0 Å². The Morgan fingerprint density at radius 1 is 1.32 bits per heavy atom. The summed E-state index contributed by atoms with van der Waals surface area (Å²) >= 11 is 1.42. The highest BCUT2D eigenvalue weighted by Crippen LogP contribution is 2.37. The predicted octanol–water partition coefficient (Wildman–Crippen LogP) is 3.52. The summed E-state index contributed by atoms with van der Waals surface area (Å²) in [5.74, 6) is -0.125. The fourth-order valence-electron chi connectivity index (χ4n) is 3.14. The molecule has 0 fully saturated rings. The molecule has 25 heavy (non-hydrogen) atoms. The van der Waals surface area contributed by atoms with Crippen LogP contribution < -0.4 is 10.6 Å². The zero-order chi connectivity index (χ0) is 17.4. The lowest BCUT2D eigenvalue weighted by atomic mass is 10.1. The maximum absolute atomic E-state index is 12.3. The van der Waals surface area contributed by atoms with E-state index in [9.17, 15) is 4.79 Å². The molecule has 2 aromatic heterocycles. The van der Waals surface area contributed by atoms with E-state index in [4.69, 9.17) is 5.21 Å². The summed E-state index contributed by atoms with van der Waals surface area (Å²) in [5.41, 5.74) is 4.54. The van der Waals surface area contributed by atoms with Crippen LogP contribution in [0.3, 0.4) is 0 Å². The van der Waals surface area contributed by atoms with Crippen molar-refractivity contribution in [3.63, 3.8) is 0 Å². The standard InChI is InChI=1S/C18H16N4O2S/c1-19-18(23)17-16(13-6-7-20-9-15(13)25-17)21-11-3-4-12-10(8-11)2-5-14(12)22-24/h3-4,6-9,21,24H,2,5H2,1H3,(H,19,23)/b22-14+. The van der Waals surface area contributed by atoms with Crippen molar-refractivity contribution >= 4 is 44.4 Å². The summed E-state index contributed by atoms with van der Waals surface area (Å²) in [6.07, 6.45) is 5.08. The number of fused-ring (bicyclic) bond motifs is 2. The van der Waals surface area contributed by atoms with Crippen LogP contribution in [0.5, 0.6) is 0 Å². The number of nitrogens with zero attached hydrogens (tertiary/aromatic N) is 2. The molecule has 4 rings (SSSR count). The largest absolute Gasteiger partial charge is 0.411 e. The van der Waals surface area contributed by atoms with E-state index in [1.54, 1.807) is 19.4 Å². The molecule has 1 aliphatic rings. The predicted molar refractivity (Wildman–Crippen MR) is 99.4 cm³/mol. The highest BCUT2D eigenvalue weighted by molar-refractivity contribution is 7.21. The van der Waals surface area contributed by atoms with Gasteiger partial charge in [0.05, 0.1) is 16.1 Å². The molecule has 7 heteroatoms. The van der Waals surface area contributed by atoms with Gasteiger partial charge in [0.25, 0.3) is 5.91 Å². The number of amides is 1. The average Bonchev–Trinajstić information content (AvgIpc) is 3.22. The van der Waals surface area contributed by atoms with E-state index in [0.717, 1.165) is 51.1 Å². The van der Waals surface area contributed by atoms with Gasteiger partial charge in [0, 0.05) is 36.1 Å². The number of carbonyl (C=O) groups excluding carboxylic acids is 1. The maximum Gasteiger partial charge on any atom is 0.263 e. The Labute approximate surface area is 148 Å². The number of anilines is 2. The first-order valence-electron chi connectivity index (χ1n) is 7.91. The molecule has 0 bridgehead atoms. The topological polar surface area (TPSA) is 86.6 Å². The van der Waals surface area contributed by atoms with E-state index in [2.05, 4.69) is 20.8 Å². The summed E-state index contributed by atoms with van der Waals surface area (Å²) in [4.78, 5) is 17.0. The molecule has 3 aromatic rings. The number of rotatable bonds is 3. The van der Waals surface area contributed by atoms with Gasteiger partial charge in [0.2, 0.25) is 0 Å². The van der Waals surface area contributed by atoms with E-state index >= 15 is 0 Å². The summed E-state index contributed by atoms with van der Waals surface area (Å²) < 4.78 is 0.958. The number of oxime groups is 1. The van der Waals surface area contributed by atoms with Crippen molar-refractivity contribution in [2.75, 3.05) is 12.4 Å². The van der Waals surface area contributed by atoms with Crippen LogP contribution >= 0.6 is 11.3 Å². The minimum atomic E-state index is -0.125. The summed E-state index contributed by atoms with van der Waals surface area (Å²) in [6, 6.07) is 7.85. The molecule has 0 aliphatic heterocycles. The first kappa shape index (κ1) is 15.6. The van der Waals surface area contributed by atoms with Crippen LogP contribution in [-0.2, 0) is 6.42 Å². The number of aryl methyl sites for hydroxylation is 1. The van der Waals surface area contributed by atoms with Gasteiger partial charge in [0.1, 0.15) is 4.88 Å². The SMILES string of the molecule is CNC(=O)c1sc2cnccc2c1Nc1ccc2c(c1)CC/C2=N\O. The molecular formula is C18H16N4O2S. The summed E-state index contributed by atoms with van der Waals surface area (Å²) in [6.45, 7) is 0. The number of aromatic nitrogens is 1. The van der Waals surface area contributed by atoms with Gasteiger partial charge in [-0.05, 0) is 36.6 Å². The number of pyridine rings is 1. The molecule has 3 N–H and O–H groups in total. The third-order valence-corrected chi connectivity index (χ3v) is 5.50. The van der Waals surface area contributed by atoms with Crippen molar-refractivity contribution in [2.45, 2.75) is 12.8 Å². The second kappa shape index (κ2) is 6.18. The van der Waals surface area contributed by atoms with Crippen LogP contribution in [0, 0.1) is 0 Å². The van der Waals surface area contributed by atoms with Crippen LogP contribution in [-0.4, -0.2) is 28.9 Å². The Bertz CT molecular complexity index is 1010. The van der Waals surface area contributed by atoms with Gasteiger partial charge in [-0.25, -0.2) is 0 Å². The second-order valence-corrected chi connectivity index (χ2v) is 6.85. The average molecular weight is 352 g/mol. The third kappa shape index (κ3) is 2.62. The van der Waals surface area contributed by atoms with Gasteiger partial charge < -0.3 is 15.8 Å². The molecule has 0 saturated heterocycles. The molecule has 6 nitrogen and oxygen atoms in total. The van der Waals surface area contributed by atoms with Crippen LogP contribution in [0.2, 0.25) is 0 Å². The van der Waals surface area contributed by atoms with Gasteiger partial charge in [-0.2, -0.15) is 0 Å². The molecule has 1 aromatic carbocycles. The highest BCUT2D eigenvalue weighted by Gasteiger charge is 2.21. The molecule has 0 unspecified atom stereocenters. The minimum absolute atomic E-state index is 0.125. The molecule has 0 atom stereocenters. The molecule has 0 saturated carbocycles. The van der Waals surface area contributed by atoms with Crippen molar-refractivity contribution in [3.8, 4) is 0 Å². The second-order valence-electron chi connectivity index (χ2n) is 5.80. The minimum Gasteiger partial charge on any atom is -0.411 e. The van der Waals surface area contributed by atoms with E-state index in [1.807, 2.05) is 24.3 Å². The zero-order valence-electron chi connectivity index (χ0n) is 13.5. The summed E-state index contributed by atoms with van der Waals surface area (Å²) in [7, 11) is 1.62. The zero-order valence-corrected chi connectivity index (χ0v) is 14.4. The first-order chi connectivity index (χ1) is 12.2. The van der Waals surface area contributed by atoms with Crippen LogP contribution in [0.25, 0.3) is 10.1 Å². The smallest absolute Gasteiger partial charge is 0.263 e. The molecule has 0 spiro atoms. The van der Waals surface area contributed by atoms with Gasteiger partial charge in [-0.3, -0.25) is 9.78 Å². The summed E-state index contributed by atoms with van der Waals surface area (Å²) in [5, 5.41) is 19.5. The lowest BCUT2D eigenvalue weighted by molar-refractivity contribution is 0.0968. The van der Waals surface area contributed by atoms with E-state index in [0.29, 0.717) is 4.88 Å². The fraction of sp³-hybridized carbons (Fsp3) is 0.167. The molecule has 1 amide bonds. The van der Waals surface area contributed by atoms with Crippen LogP contribution in [0.4, 0.5) is 11.4 Å². The highest BCUT2D eigenvalue weighted by atomic mass is 32.1. The number of benzene rings is 1. The number of hydrogen-bond donors (Lipinski definition) is 3.